The normalized spacial score (nSPS) is 18.2. The zero-order valence-corrected chi connectivity index (χ0v) is 14.9. The number of aromatic nitrogens is 1. The predicted octanol–water partition coefficient (Wildman–Crippen LogP) is 2.82. The fraction of sp³-hybridized carbons (Fsp3) is 0.474. The number of likely N-dealkylation sites (tertiary alicyclic amines) is 1. The van der Waals surface area contributed by atoms with Crippen molar-refractivity contribution in [3.8, 4) is 0 Å². The number of rotatable bonds is 6. The van der Waals surface area contributed by atoms with Gasteiger partial charge in [-0.25, -0.2) is 13.8 Å². The van der Waals surface area contributed by atoms with Crippen LogP contribution in [0, 0.1) is 24.5 Å². The second-order valence-electron chi connectivity index (χ2n) is 6.92. The van der Waals surface area contributed by atoms with Gasteiger partial charge in [-0.1, -0.05) is 0 Å². The molecule has 0 saturated carbocycles. The lowest BCUT2D eigenvalue weighted by atomic mass is 9.97. The molecule has 1 saturated heterocycles. The van der Waals surface area contributed by atoms with E-state index in [-0.39, 0.29) is 17.3 Å². The number of nitrogens with two attached hydrogens (primary N) is 1. The van der Waals surface area contributed by atoms with Gasteiger partial charge in [-0.3, -0.25) is 4.79 Å². The minimum absolute atomic E-state index is 0.0607. The van der Waals surface area contributed by atoms with Gasteiger partial charge in [0.15, 0.2) is 5.82 Å². The zero-order valence-electron chi connectivity index (χ0n) is 14.9. The van der Waals surface area contributed by atoms with Crippen LogP contribution in [0.1, 0.15) is 25.0 Å². The molecule has 1 fully saturated rings. The van der Waals surface area contributed by atoms with Gasteiger partial charge in [0, 0.05) is 35.9 Å². The molecule has 0 radical (unpaired) electrons. The van der Waals surface area contributed by atoms with Crippen molar-refractivity contribution in [2.24, 2.45) is 11.7 Å². The van der Waals surface area contributed by atoms with Crippen LogP contribution in [-0.4, -0.2) is 42.0 Å². The van der Waals surface area contributed by atoms with Crippen LogP contribution in [0.4, 0.5) is 14.5 Å². The number of carbonyl (C=O) groups excluding carboxylic acids is 1. The van der Waals surface area contributed by atoms with E-state index in [0.717, 1.165) is 38.4 Å². The summed E-state index contributed by atoms with van der Waals surface area (Å²) in [7, 11) is 0. The lowest BCUT2D eigenvalue weighted by Crippen LogP contribution is -2.41. The third kappa shape index (κ3) is 4.27. The first-order valence-electron chi connectivity index (χ1n) is 8.96. The Morgan fingerprint density at radius 3 is 2.96 bits per heavy atom. The Morgan fingerprint density at radius 1 is 1.38 bits per heavy atom. The number of amides is 1. The number of benzene rings is 1. The number of fused-ring (bicyclic) bond motifs is 1. The Labute approximate surface area is 151 Å². The highest BCUT2D eigenvalue weighted by Crippen LogP contribution is 2.26. The molecule has 1 unspecified atom stereocenters. The maximum atomic E-state index is 14.0. The Morgan fingerprint density at radius 2 is 2.19 bits per heavy atom. The van der Waals surface area contributed by atoms with Crippen LogP contribution in [-0.2, 0) is 4.79 Å². The van der Waals surface area contributed by atoms with Crippen molar-refractivity contribution in [3.05, 3.63) is 35.5 Å². The summed E-state index contributed by atoms with van der Waals surface area (Å²) in [5.74, 6) is -1.56. The molecule has 0 bridgehead atoms. The number of pyridine rings is 1. The molecule has 2 aromatic rings. The largest absolute Gasteiger partial charge is 0.384 e. The van der Waals surface area contributed by atoms with Crippen LogP contribution >= 0.6 is 0 Å². The maximum Gasteiger partial charge on any atom is 0.221 e. The van der Waals surface area contributed by atoms with Crippen LogP contribution in [0.15, 0.2) is 18.2 Å². The van der Waals surface area contributed by atoms with Crippen LogP contribution in [0.2, 0.25) is 0 Å². The average molecular weight is 362 g/mol. The number of halogens is 2. The van der Waals surface area contributed by atoms with E-state index in [2.05, 4.69) is 15.2 Å². The average Bonchev–Trinajstić information content (AvgIpc) is 2.59. The van der Waals surface area contributed by atoms with Gasteiger partial charge in [-0.05, 0) is 51.4 Å². The van der Waals surface area contributed by atoms with Gasteiger partial charge in [0.2, 0.25) is 5.91 Å². The summed E-state index contributed by atoms with van der Waals surface area (Å²) in [6.07, 6.45) is 2.70. The standard InChI is InChI=1S/C19H24F2N4O/c1-12-8-17(15-9-14(20)10-16(21)18(15)24-12)23-5-3-7-25-6-2-4-13(11-25)19(22)26/h8-10,13H,2-7,11H2,1H3,(H2,22,26)(H,23,24). The summed E-state index contributed by atoms with van der Waals surface area (Å²) in [6.45, 7) is 4.97. The SMILES string of the molecule is Cc1cc(NCCCN2CCCC(C(N)=O)C2)c2cc(F)cc(F)c2n1. The Balaban J connectivity index is 1.61. The molecule has 0 aliphatic carbocycles. The number of nitrogens with one attached hydrogen (secondary N) is 1. The first kappa shape index (κ1) is 18.5. The Bertz CT molecular complexity index is 812. The monoisotopic (exact) mass is 362 g/mol. The fourth-order valence-corrected chi connectivity index (χ4v) is 3.54. The summed E-state index contributed by atoms with van der Waals surface area (Å²) in [6, 6.07) is 3.95. The maximum absolute atomic E-state index is 14.0. The van der Waals surface area contributed by atoms with Crippen molar-refractivity contribution in [2.75, 3.05) is 31.5 Å². The van der Waals surface area contributed by atoms with Gasteiger partial charge in [0.25, 0.3) is 0 Å². The van der Waals surface area contributed by atoms with Crippen molar-refractivity contribution < 1.29 is 13.6 Å². The molecule has 140 valence electrons. The first-order chi connectivity index (χ1) is 12.4. The van der Waals surface area contributed by atoms with Crippen LogP contribution < -0.4 is 11.1 Å². The second-order valence-corrected chi connectivity index (χ2v) is 6.92. The molecule has 1 amide bonds. The number of hydrogen-bond acceptors (Lipinski definition) is 4. The lowest BCUT2D eigenvalue weighted by Gasteiger charge is -2.31. The van der Waals surface area contributed by atoms with E-state index in [4.69, 9.17) is 5.73 Å². The van der Waals surface area contributed by atoms with Gasteiger partial charge in [-0.2, -0.15) is 0 Å². The number of aryl methyl sites for hydroxylation is 1. The molecule has 26 heavy (non-hydrogen) atoms. The highest BCUT2D eigenvalue weighted by Gasteiger charge is 2.23. The van der Waals surface area contributed by atoms with Crippen LogP contribution in [0.3, 0.4) is 0 Å². The second kappa shape index (κ2) is 7.95. The summed E-state index contributed by atoms with van der Waals surface area (Å²) in [5, 5.41) is 3.71. The number of anilines is 1. The molecular weight excluding hydrogens is 338 g/mol. The van der Waals surface area contributed by atoms with E-state index in [9.17, 15) is 13.6 Å². The number of piperidine rings is 1. The van der Waals surface area contributed by atoms with Crippen LogP contribution in [0.5, 0.6) is 0 Å². The zero-order chi connectivity index (χ0) is 18.7. The van der Waals surface area contributed by atoms with E-state index in [1.807, 2.05) is 0 Å². The Kier molecular flexibility index (Phi) is 5.66. The van der Waals surface area contributed by atoms with Gasteiger partial charge in [0.05, 0.1) is 5.92 Å². The minimum atomic E-state index is -0.655. The lowest BCUT2D eigenvalue weighted by molar-refractivity contribution is -0.123. The van der Waals surface area contributed by atoms with Gasteiger partial charge in [-0.15, -0.1) is 0 Å². The number of hydrogen-bond donors (Lipinski definition) is 2. The van der Waals surface area contributed by atoms with E-state index < -0.39 is 11.6 Å². The smallest absolute Gasteiger partial charge is 0.221 e. The fourth-order valence-electron chi connectivity index (χ4n) is 3.54. The molecule has 1 atom stereocenters. The highest BCUT2D eigenvalue weighted by atomic mass is 19.1. The number of primary amides is 1. The third-order valence-corrected chi connectivity index (χ3v) is 4.83. The third-order valence-electron chi connectivity index (χ3n) is 4.83. The molecule has 5 nitrogen and oxygen atoms in total. The number of carbonyl (C=O) groups is 1. The summed E-state index contributed by atoms with van der Waals surface area (Å²) in [5.41, 5.74) is 6.93. The molecular formula is C19H24F2N4O. The van der Waals surface area contributed by atoms with Crippen molar-refractivity contribution in [1.29, 1.82) is 0 Å². The predicted molar refractivity (Wildman–Crippen MR) is 97.9 cm³/mol. The molecule has 0 spiro atoms. The van der Waals surface area contributed by atoms with Crippen molar-refractivity contribution >= 4 is 22.5 Å². The van der Waals surface area contributed by atoms with Gasteiger partial charge < -0.3 is 16.0 Å². The topological polar surface area (TPSA) is 71.2 Å². The molecule has 2 heterocycles. The summed E-state index contributed by atoms with van der Waals surface area (Å²) in [4.78, 5) is 17.8. The minimum Gasteiger partial charge on any atom is -0.384 e. The van der Waals surface area contributed by atoms with Gasteiger partial charge >= 0.3 is 0 Å². The molecule has 1 aromatic heterocycles. The molecule has 7 heteroatoms. The van der Waals surface area contributed by atoms with Crippen molar-refractivity contribution in [3.63, 3.8) is 0 Å². The Hall–Kier alpha value is -2.28. The van der Waals surface area contributed by atoms with Crippen LogP contribution in [0.25, 0.3) is 10.9 Å². The van der Waals surface area contributed by atoms with E-state index >= 15 is 0 Å². The van der Waals surface area contributed by atoms with Crippen molar-refractivity contribution in [1.82, 2.24) is 9.88 Å². The first-order valence-corrected chi connectivity index (χ1v) is 8.96. The summed E-state index contributed by atoms with van der Waals surface area (Å²) < 4.78 is 27.5. The van der Waals surface area contributed by atoms with Gasteiger partial charge in [0.1, 0.15) is 11.3 Å². The van der Waals surface area contributed by atoms with E-state index in [0.29, 0.717) is 29.9 Å². The number of nitrogens with zero attached hydrogens (tertiary/aromatic N) is 2. The summed E-state index contributed by atoms with van der Waals surface area (Å²) >= 11 is 0. The van der Waals surface area contributed by atoms with Crippen molar-refractivity contribution in [2.45, 2.75) is 26.2 Å². The molecule has 3 rings (SSSR count). The quantitative estimate of drug-likeness (QED) is 0.775. The molecule has 1 aliphatic rings. The highest BCUT2D eigenvalue weighted by molar-refractivity contribution is 5.91. The molecule has 3 N–H and O–H groups in total. The van der Waals surface area contributed by atoms with E-state index in [1.54, 1.807) is 13.0 Å². The molecule has 1 aromatic carbocycles. The van der Waals surface area contributed by atoms with E-state index in [1.165, 1.54) is 6.07 Å². The molecule has 1 aliphatic heterocycles.